The van der Waals surface area contributed by atoms with Crippen molar-refractivity contribution in [1.82, 2.24) is 9.55 Å². The third-order valence-electron chi connectivity index (χ3n) is 2.89. The lowest BCUT2D eigenvalue weighted by molar-refractivity contribution is 0.0631. The molecule has 0 amide bonds. The SMILES string of the molecule is Cc1cn([C@@H]2S[C@H](CO)[C@@H](O)[C@@H]2F)c(=O)[nH]c1=O. The molecule has 6 nitrogen and oxygen atoms in total. The predicted molar refractivity (Wildman–Crippen MR) is 64.5 cm³/mol. The molecule has 100 valence electrons. The summed E-state index contributed by atoms with van der Waals surface area (Å²) in [6.07, 6.45) is -1.74. The number of nitrogens with one attached hydrogen (secondary N) is 1. The molecule has 1 aromatic rings. The van der Waals surface area contributed by atoms with Crippen molar-refractivity contribution < 1.29 is 14.6 Å². The van der Waals surface area contributed by atoms with Crippen LogP contribution in [0, 0.1) is 6.92 Å². The summed E-state index contributed by atoms with van der Waals surface area (Å²) in [6.45, 7) is 1.13. The van der Waals surface area contributed by atoms with Gasteiger partial charge in [0.25, 0.3) is 5.56 Å². The van der Waals surface area contributed by atoms with Crippen LogP contribution in [0.15, 0.2) is 15.8 Å². The summed E-state index contributed by atoms with van der Waals surface area (Å²) >= 11 is 0.975. The van der Waals surface area contributed by atoms with Gasteiger partial charge in [-0.05, 0) is 6.92 Å². The van der Waals surface area contributed by atoms with Crippen LogP contribution in [0.3, 0.4) is 0 Å². The predicted octanol–water partition coefficient (Wildman–Crippen LogP) is -0.850. The number of aromatic nitrogens is 2. The van der Waals surface area contributed by atoms with Crippen LogP contribution in [0.4, 0.5) is 4.39 Å². The topological polar surface area (TPSA) is 95.3 Å². The number of aliphatic hydroxyl groups excluding tert-OH is 2. The summed E-state index contributed by atoms with van der Waals surface area (Å²) in [5.41, 5.74) is -0.963. The smallest absolute Gasteiger partial charge is 0.329 e. The molecule has 18 heavy (non-hydrogen) atoms. The van der Waals surface area contributed by atoms with Crippen molar-refractivity contribution >= 4 is 11.8 Å². The maximum absolute atomic E-state index is 13.9. The van der Waals surface area contributed by atoms with Crippen molar-refractivity contribution in [3.8, 4) is 0 Å². The standard InChI is InChI=1S/C10H13FN2O4S/c1-4-2-13(10(17)12-8(4)16)9-6(11)7(15)5(3-14)18-9/h2,5-7,9,14-15H,3H2,1H3,(H,12,16,17)/t5-,6+,7-,9-/m1/s1. The molecule has 0 aliphatic carbocycles. The van der Waals surface area contributed by atoms with Gasteiger partial charge in [-0.25, -0.2) is 9.18 Å². The molecule has 0 radical (unpaired) electrons. The van der Waals surface area contributed by atoms with E-state index in [1.807, 2.05) is 0 Å². The second-order valence-electron chi connectivity index (χ2n) is 4.16. The van der Waals surface area contributed by atoms with E-state index in [0.29, 0.717) is 0 Å². The first-order valence-corrected chi connectivity index (χ1v) is 6.30. The van der Waals surface area contributed by atoms with Crippen LogP contribution in [-0.2, 0) is 0 Å². The van der Waals surface area contributed by atoms with Gasteiger partial charge in [-0.15, -0.1) is 11.8 Å². The van der Waals surface area contributed by atoms with Gasteiger partial charge in [-0.2, -0.15) is 0 Å². The molecule has 2 heterocycles. The number of alkyl halides is 1. The summed E-state index contributed by atoms with van der Waals surface area (Å²) in [6, 6.07) is 0. The number of hydrogen-bond acceptors (Lipinski definition) is 5. The number of H-pyrrole nitrogens is 1. The van der Waals surface area contributed by atoms with E-state index in [1.165, 1.54) is 13.1 Å². The molecule has 0 aromatic carbocycles. The van der Waals surface area contributed by atoms with Crippen molar-refractivity contribution in [2.75, 3.05) is 6.61 Å². The zero-order valence-electron chi connectivity index (χ0n) is 9.54. The number of aromatic amines is 1. The van der Waals surface area contributed by atoms with E-state index >= 15 is 0 Å². The Morgan fingerprint density at radius 1 is 1.56 bits per heavy atom. The van der Waals surface area contributed by atoms with E-state index in [1.54, 1.807) is 0 Å². The van der Waals surface area contributed by atoms with E-state index in [2.05, 4.69) is 4.98 Å². The highest BCUT2D eigenvalue weighted by atomic mass is 32.2. The summed E-state index contributed by atoms with van der Waals surface area (Å²) < 4.78 is 14.9. The van der Waals surface area contributed by atoms with Crippen LogP contribution >= 0.6 is 11.8 Å². The Bertz CT molecular complexity index is 558. The molecule has 0 bridgehead atoms. The van der Waals surface area contributed by atoms with Gasteiger partial charge in [0.2, 0.25) is 0 Å². The lowest BCUT2D eigenvalue weighted by Crippen LogP contribution is -2.36. The highest BCUT2D eigenvalue weighted by Crippen LogP contribution is 2.42. The first kappa shape index (κ1) is 13.3. The number of aryl methyl sites for hydroxylation is 1. The van der Waals surface area contributed by atoms with E-state index < -0.39 is 34.1 Å². The van der Waals surface area contributed by atoms with Crippen molar-refractivity contribution in [2.45, 2.75) is 29.8 Å². The first-order valence-electron chi connectivity index (χ1n) is 5.36. The Labute approximate surface area is 105 Å². The Kier molecular flexibility index (Phi) is 3.60. The molecule has 3 N–H and O–H groups in total. The van der Waals surface area contributed by atoms with Crippen LogP contribution in [0.1, 0.15) is 10.9 Å². The number of halogens is 1. The summed E-state index contributed by atoms with van der Waals surface area (Å²) in [5.74, 6) is 0. The van der Waals surface area contributed by atoms with Crippen LogP contribution < -0.4 is 11.2 Å². The maximum Gasteiger partial charge on any atom is 0.329 e. The van der Waals surface area contributed by atoms with Gasteiger partial charge in [0.05, 0.1) is 11.9 Å². The minimum absolute atomic E-state index is 0.282. The lowest BCUT2D eigenvalue weighted by Gasteiger charge is -2.16. The Morgan fingerprint density at radius 3 is 2.78 bits per heavy atom. The third-order valence-corrected chi connectivity index (χ3v) is 4.44. The number of rotatable bonds is 2. The second-order valence-corrected chi connectivity index (χ2v) is 5.52. The maximum atomic E-state index is 13.9. The Hall–Kier alpha value is -1.12. The quantitative estimate of drug-likeness (QED) is 0.654. The number of hydrogen-bond donors (Lipinski definition) is 3. The number of thioether (sulfide) groups is 1. The Balaban J connectivity index is 2.42. The fourth-order valence-corrected chi connectivity index (χ4v) is 3.21. The highest BCUT2D eigenvalue weighted by molar-refractivity contribution is 8.00. The van der Waals surface area contributed by atoms with E-state index in [4.69, 9.17) is 5.11 Å². The Morgan fingerprint density at radius 2 is 2.22 bits per heavy atom. The van der Waals surface area contributed by atoms with Gasteiger partial charge < -0.3 is 10.2 Å². The van der Waals surface area contributed by atoms with Crippen molar-refractivity contribution in [3.05, 3.63) is 32.6 Å². The molecule has 0 unspecified atom stereocenters. The summed E-state index contributed by atoms with van der Waals surface area (Å²) in [5, 5.41) is 16.9. The van der Waals surface area contributed by atoms with Gasteiger partial charge >= 0.3 is 5.69 Å². The van der Waals surface area contributed by atoms with Crippen LogP contribution in [0.25, 0.3) is 0 Å². The van der Waals surface area contributed by atoms with Gasteiger partial charge in [-0.3, -0.25) is 14.3 Å². The lowest BCUT2D eigenvalue weighted by atomic mass is 10.1. The van der Waals surface area contributed by atoms with Gasteiger partial charge in [0.15, 0.2) is 6.17 Å². The van der Waals surface area contributed by atoms with E-state index in [9.17, 15) is 19.1 Å². The zero-order valence-corrected chi connectivity index (χ0v) is 10.4. The molecule has 1 aromatic heterocycles. The minimum Gasteiger partial charge on any atom is -0.395 e. The number of aliphatic hydroxyl groups is 2. The fraction of sp³-hybridized carbons (Fsp3) is 0.600. The zero-order chi connectivity index (χ0) is 13.4. The number of nitrogens with zero attached hydrogens (tertiary/aromatic N) is 1. The molecule has 1 aliphatic rings. The highest BCUT2D eigenvalue weighted by Gasteiger charge is 2.44. The monoisotopic (exact) mass is 276 g/mol. The van der Waals surface area contributed by atoms with Crippen molar-refractivity contribution in [3.63, 3.8) is 0 Å². The molecule has 0 saturated carbocycles. The molecular weight excluding hydrogens is 263 g/mol. The molecule has 8 heteroatoms. The normalized spacial score (nSPS) is 31.8. The average molecular weight is 276 g/mol. The second kappa shape index (κ2) is 4.87. The molecule has 4 atom stereocenters. The van der Waals surface area contributed by atoms with Crippen molar-refractivity contribution in [1.29, 1.82) is 0 Å². The van der Waals surface area contributed by atoms with E-state index in [-0.39, 0.29) is 12.2 Å². The van der Waals surface area contributed by atoms with Gasteiger partial charge in [0, 0.05) is 11.8 Å². The molecule has 1 fully saturated rings. The largest absolute Gasteiger partial charge is 0.395 e. The van der Waals surface area contributed by atoms with Crippen molar-refractivity contribution in [2.24, 2.45) is 0 Å². The summed E-state index contributed by atoms with van der Waals surface area (Å²) in [7, 11) is 0. The van der Waals surface area contributed by atoms with Crippen LogP contribution in [0.2, 0.25) is 0 Å². The molecule has 0 spiro atoms. The molecular formula is C10H13FN2O4S. The van der Waals surface area contributed by atoms with Crippen LogP contribution in [0.5, 0.6) is 0 Å². The minimum atomic E-state index is -1.67. The molecule has 1 saturated heterocycles. The van der Waals surface area contributed by atoms with Gasteiger partial charge in [-0.1, -0.05) is 0 Å². The van der Waals surface area contributed by atoms with E-state index in [0.717, 1.165) is 16.3 Å². The third kappa shape index (κ3) is 2.11. The first-order chi connectivity index (χ1) is 8.45. The van der Waals surface area contributed by atoms with Gasteiger partial charge in [0.1, 0.15) is 11.5 Å². The fourth-order valence-electron chi connectivity index (χ4n) is 1.85. The average Bonchev–Trinajstić information content (AvgIpc) is 2.61. The molecule has 2 rings (SSSR count). The molecule has 1 aliphatic heterocycles. The summed E-state index contributed by atoms with van der Waals surface area (Å²) in [4.78, 5) is 24.9. The van der Waals surface area contributed by atoms with Crippen LogP contribution in [-0.4, -0.2) is 43.9 Å².